The first-order valence-corrected chi connectivity index (χ1v) is 7.63. The minimum absolute atomic E-state index is 0.284. The van der Waals surface area contributed by atoms with Crippen LogP contribution in [0.4, 0.5) is 0 Å². The summed E-state index contributed by atoms with van der Waals surface area (Å²) in [5.41, 5.74) is -0.284. The van der Waals surface area contributed by atoms with E-state index in [1.807, 2.05) is 0 Å². The van der Waals surface area contributed by atoms with Gasteiger partial charge in [0, 0.05) is 12.6 Å². The van der Waals surface area contributed by atoms with E-state index in [0.29, 0.717) is 0 Å². The number of fused-ring (bicyclic) bond motifs is 2. The summed E-state index contributed by atoms with van der Waals surface area (Å²) < 4.78 is 0. The van der Waals surface area contributed by atoms with Gasteiger partial charge in [-0.25, -0.2) is 0 Å². The molecule has 0 amide bonds. The van der Waals surface area contributed by atoms with Crippen molar-refractivity contribution in [3.05, 3.63) is 0 Å². The Morgan fingerprint density at radius 1 is 1.39 bits per heavy atom. The van der Waals surface area contributed by atoms with Gasteiger partial charge in [-0.05, 0) is 57.5 Å². The lowest BCUT2D eigenvalue weighted by Crippen LogP contribution is -2.44. The molecule has 1 heterocycles. The maximum atomic E-state index is 9.38. The van der Waals surface area contributed by atoms with E-state index in [2.05, 4.69) is 30.1 Å². The second-order valence-electron chi connectivity index (χ2n) is 6.01. The molecular weight excluding hydrogens is 222 g/mol. The molecule has 1 aliphatic carbocycles. The Labute approximate surface area is 112 Å². The molecule has 0 aromatic rings. The zero-order chi connectivity index (χ0) is 13.0. The number of nitriles is 1. The zero-order valence-corrected chi connectivity index (χ0v) is 11.9. The number of nitrogens with one attached hydrogen (secondary N) is 1. The summed E-state index contributed by atoms with van der Waals surface area (Å²) in [4.78, 5) is 2.66. The highest BCUT2D eigenvalue weighted by Gasteiger charge is 2.37. The lowest BCUT2D eigenvalue weighted by atomic mass is 9.91. The van der Waals surface area contributed by atoms with Crippen molar-refractivity contribution in [2.75, 3.05) is 19.6 Å². The third-order valence-corrected chi connectivity index (χ3v) is 4.90. The highest BCUT2D eigenvalue weighted by atomic mass is 15.2. The number of rotatable bonds is 7. The van der Waals surface area contributed by atoms with Crippen molar-refractivity contribution < 1.29 is 0 Å². The fraction of sp³-hybridized carbons (Fsp3) is 0.933. The van der Waals surface area contributed by atoms with Crippen molar-refractivity contribution in [3.8, 4) is 6.07 Å². The van der Waals surface area contributed by atoms with Gasteiger partial charge in [-0.3, -0.25) is 5.32 Å². The summed E-state index contributed by atoms with van der Waals surface area (Å²) >= 11 is 0. The SMILES string of the molecule is CCNC(C#N)(CC)CCCN1CC2CCC1C2. The van der Waals surface area contributed by atoms with Crippen molar-refractivity contribution in [1.29, 1.82) is 5.26 Å². The highest BCUT2D eigenvalue weighted by molar-refractivity contribution is 5.06. The predicted molar refractivity (Wildman–Crippen MR) is 74.2 cm³/mol. The largest absolute Gasteiger partial charge is 0.300 e. The normalized spacial score (nSPS) is 30.3. The Balaban J connectivity index is 1.75. The molecule has 18 heavy (non-hydrogen) atoms. The van der Waals surface area contributed by atoms with Gasteiger partial charge in [-0.2, -0.15) is 5.26 Å². The van der Waals surface area contributed by atoms with Crippen LogP contribution in [0.1, 0.15) is 52.4 Å². The molecule has 0 aromatic heterocycles. The van der Waals surface area contributed by atoms with Gasteiger partial charge < -0.3 is 4.90 Å². The van der Waals surface area contributed by atoms with Gasteiger partial charge in [-0.1, -0.05) is 13.8 Å². The van der Waals surface area contributed by atoms with Gasteiger partial charge >= 0.3 is 0 Å². The second-order valence-corrected chi connectivity index (χ2v) is 6.01. The van der Waals surface area contributed by atoms with Crippen molar-refractivity contribution in [1.82, 2.24) is 10.2 Å². The van der Waals surface area contributed by atoms with Crippen molar-refractivity contribution >= 4 is 0 Å². The Morgan fingerprint density at radius 3 is 2.72 bits per heavy atom. The van der Waals surface area contributed by atoms with Gasteiger partial charge in [0.05, 0.1) is 6.07 Å². The summed E-state index contributed by atoms with van der Waals surface area (Å²) in [6.45, 7) is 7.59. The molecule has 0 radical (unpaired) electrons. The van der Waals surface area contributed by atoms with Crippen LogP contribution in [0, 0.1) is 17.2 Å². The van der Waals surface area contributed by atoms with Crippen LogP contribution < -0.4 is 5.32 Å². The van der Waals surface area contributed by atoms with E-state index in [-0.39, 0.29) is 5.54 Å². The highest BCUT2D eigenvalue weighted by Crippen LogP contribution is 2.37. The Hall–Kier alpha value is -0.590. The standard InChI is InChI=1S/C15H27N3/c1-3-15(12-16,17-4-2)8-5-9-18-11-13-6-7-14(18)10-13/h13-14,17H,3-11H2,1-2H3. The average molecular weight is 249 g/mol. The molecule has 3 unspecified atom stereocenters. The maximum Gasteiger partial charge on any atom is 0.106 e. The number of nitrogens with zero attached hydrogens (tertiary/aromatic N) is 2. The molecule has 2 bridgehead atoms. The van der Waals surface area contributed by atoms with E-state index in [9.17, 15) is 5.26 Å². The summed E-state index contributed by atoms with van der Waals surface area (Å²) in [6, 6.07) is 3.36. The molecule has 1 saturated heterocycles. The topological polar surface area (TPSA) is 39.1 Å². The van der Waals surface area contributed by atoms with Gasteiger partial charge in [0.1, 0.15) is 5.54 Å². The van der Waals surface area contributed by atoms with Crippen molar-refractivity contribution in [2.45, 2.75) is 64.0 Å². The Morgan fingerprint density at radius 2 is 2.22 bits per heavy atom. The smallest absolute Gasteiger partial charge is 0.106 e. The molecule has 3 nitrogen and oxygen atoms in total. The molecule has 3 atom stereocenters. The minimum atomic E-state index is -0.284. The monoisotopic (exact) mass is 249 g/mol. The van der Waals surface area contributed by atoms with E-state index in [1.54, 1.807) is 0 Å². The van der Waals surface area contributed by atoms with E-state index in [0.717, 1.165) is 37.8 Å². The fourth-order valence-electron chi connectivity index (χ4n) is 3.79. The average Bonchev–Trinajstić information content (AvgIpc) is 3.00. The van der Waals surface area contributed by atoms with Crippen molar-refractivity contribution in [3.63, 3.8) is 0 Å². The van der Waals surface area contributed by atoms with Crippen molar-refractivity contribution in [2.24, 2.45) is 5.92 Å². The molecule has 3 heteroatoms. The van der Waals surface area contributed by atoms with Crippen LogP contribution in [-0.2, 0) is 0 Å². The first-order valence-electron chi connectivity index (χ1n) is 7.63. The molecule has 2 rings (SSSR count). The zero-order valence-electron chi connectivity index (χ0n) is 11.9. The summed E-state index contributed by atoms with van der Waals surface area (Å²) in [5.74, 6) is 0.982. The van der Waals surface area contributed by atoms with Crippen LogP contribution in [0.2, 0.25) is 0 Å². The van der Waals surface area contributed by atoms with Crippen LogP contribution in [0.5, 0.6) is 0 Å². The van der Waals surface area contributed by atoms with Gasteiger partial charge in [-0.15, -0.1) is 0 Å². The molecule has 2 aliphatic rings. The second kappa shape index (κ2) is 6.04. The van der Waals surface area contributed by atoms with Gasteiger partial charge in [0.2, 0.25) is 0 Å². The van der Waals surface area contributed by atoms with E-state index < -0.39 is 0 Å². The Kier molecular flexibility index (Phi) is 4.64. The van der Waals surface area contributed by atoms with Crippen LogP contribution in [0.15, 0.2) is 0 Å². The summed E-state index contributed by atoms with van der Waals surface area (Å²) in [5, 5.41) is 12.8. The first kappa shape index (κ1) is 13.8. The lowest BCUT2D eigenvalue weighted by molar-refractivity contribution is 0.202. The molecule has 2 fully saturated rings. The quantitative estimate of drug-likeness (QED) is 0.753. The Bertz CT molecular complexity index is 309. The third-order valence-electron chi connectivity index (χ3n) is 4.90. The summed E-state index contributed by atoms with van der Waals surface area (Å²) in [6.07, 6.45) is 7.35. The van der Waals surface area contributed by atoms with Crippen LogP contribution >= 0.6 is 0 Å². The third kappa shape index (κ3) is 2.87. The fourth-order valence-corrected chi connectivity index (χ4v) is 3.79. The lowest BCUT2D eigenvalue weighted by Gasteiger charge is -2.30. The maximum absolute atomic E-state index is 9.38. The number of hydrogen-bond donors (Lipinski definition) is 1. The number of likely N-dealkylation sites (tertiary alicyclic amines) is 1. The molecule has 1 aliphatic heterocycles. The number of piperidine rings is 1. The predicted octanol–water partition coefficient (Wildman–Crippen LogP) is 2.53. The molecule has 0 aromatic carbocycles. The van der Waals surface area contributed by atoms with Gasteiger partial charge in [0.25, 0.3) is 0 Å². The molecule has 102 valence electrons. The number of hydrogen-bond acceptors (Lipinski definition) is 3. The van der Waals surface area contributed by atoms with Gasteiger partial charge in [0.15, 0.2) is 0 Å². The van der Waals surface area contributed by atoms with E-state index in [1.165, 1.54) is 32.4 Å². The first-order chi connectivity index (χ1) is 8.73. The summed E-state index contributed by atoms with van der Waals surface area (Å²) in [7, 11) is 0. The van der Waals surface area contributed by atoms with E-state index >= 15 is 0 Å². The molecular formula is C15H27N3. The van der Waals surface area contributed by atoms with Crippen LogP contribution in [0.3, 0.4) is 0 Å². The minimum Gasteiger partial charge on any atom is -0.300 e. The molecule has 1 saturated carbocycles. The molecule has 0 spiro atoms. The van der Waals surface area contributed by atoms with E-state index in [4.69, 9.17) is 0 Å². The van der Waals surface area contributed by atoms with Crippen LogP contribution in [0.25, 0.3) is 0 Å². The molecule has 1 N–H and O–H groups in total. The van der Waals surface area contributed by atoms with Crippen LogP contribution in [-0.4, -0.2) is 36.1 Å².